The van der Waals surface area contributed by atoms with Crippen molar-refractivity contribution in [2.75, 3.05) is 0 Å². The number of alkyl halides is 4. The lowest BCUT2D eigenvalue weighted by molar-refractivity contribution is -0.150. The summed E-state index contributed by atoms with van der Waals surface area (Å²) in [7, 11) is 0. The van der Waals surface area contributed by atoms with Gasteiger partial charge in [0, 0.05) is 17.2 Å². The number of carbonyl (C=O) groups excluding carboxylic acids is 1. The predicted molar refractivity (Wildman–Crippen MR) is 119 cm³/mol. The van der Waals surface area contributed by atoms with E-state index in [1.807, 2.05) is 25.1 Å². The van der Waals surface area contributed by atoms with E-state index >= 15 is 0 Å². The molecule has 3 aromatic carbocycles. The number of ether oxygens (including phenoxy) is 3. The highest BCUT2D eigenvalue weighted by Gasteiger charge is 2.36. The first-order valence-corrected chi connectivity index (χ1v) is 10.4. The Morgan fingerprint density at radius 1 is 0.794 bits per heavy atom. The van der Waals surface area contributed by atoms with Gasteiger partial charge < -0.3 is 14.2 Å². The van der Waals surface area contributed by atoms with Crippen LogP contribution in [0.3, 0.4) is 0 Å². The van der Waals surface area contributed by atoms with E-state index < -0.39 is 24.8 Å². The molecule has 0 aromatic heterocycles. The molecule has 0 bridgehead atoms. The van der Waals surface area contributed by atoms with Crippen LogP contribution in [0.4, 0.5) is 17.6 Å². The largest absolute Gasteiger partial charge is 0.446 e. The van der Waals surface area contributed by atoms with Crippen molar-refractivity contribution < 1.29 is 36.6 Å². The fourth-order valence-electron chi connectivity index (χ4n) is 3.51. The summed E-state index contributed by atoms with van der Waals surface area (Å²) >= 11 is 0. The second-order valence-corrected chi connectivity index (χ2v) is 7.15. The molecular formula is C26H22F4O4. The Morgan fingerprint density at radius 2 is 1.29 bits per heavy atom. The number of halogens is 4. The number of rotatable bonds is 10. The van der Waals surface area contributed by atoms with Gasteiger partial charge in [0.25, 0.3) is 0 Å². The minimum atomic E-state index is -2.95. The zero-order valence-corrected chi connectivity index (χ0v) is 18.2. The highest BCUT2D eigenvalue weighted by Crippen LogP contribution is 2.38. The topological polar surface area (TPSA) is 44.8 Å². The van der Waals surface area contributed by atoms with Crippen molar-refractivity contribution in [3.8, 4) is 11.5 Å². The lowest BCUT2D eigenvalue weighted by Crippen LogP contribution is -2.32. The lowest BCUT2D eigenvalue weighted by Gasteiger charge is -2.33. The number of hydrogen-bond donors (Lipinski definition) is 0. The molecule has 0 amide bonds. The van der Waals surface area contributed by atoms with E-state index in [9.17, 15) is 22.4 Å². The van der Waals surface area contributed by atoms with Gasteiger partial charge in [-0.2, -0.15) is 17.6 Å². The first-order valence-electron chi connectivity index (χ1n) is 10.4. The van der Waals surface area contributed by atoms with E-state index in [1.54, 1.807) is 24.3 Å². The summed E-state index contributed by atoms with van der Waals surface area (Å²) in [5, 5.41) is 0. The third-order valence-electron chi connectivity index (χ3n) is 5.08. The fraction of sp³-hybridized carbons (Fsp3) is 0.192. The van der Waals surface area contributed by atoms with E-state index in [-0.39, 0.29) is 11.5 Å². The summed E-state index contributed by atoms with van der Waals surface area (Å²) < 4.78 is 64.3. The van der Waals surface area contributed by atoms with Crippen LogP contribution >= 0.6 is 0 Å². The summed E-state index contributed by atoms with van der Waals surface area (Å²) in [4.78, 5) is 12.8. The molecule has 178 valence electrons. The third kappa shape index (κ3) is 6.37. The highest BCUT2D eigenvalue weighted by molar-refractivity contribution is 5.87. The van der Waals surface area contributed by atoms with E-state index in [0.29, 0.717) is 23.1 Å². The minimum Gasteiger partial charge on any atom is -0.446 e. The minimum absolute atomic E-state index is 0.00284. The van der Waals surface area contributed by atoms with Crippen molar-refractivity contribution in [1.82, 2.24) is 0 Å². The molecule has 0 spiro atoms. The maximum Gasteiger partial charge on any atom is 0.387 e. The monoisotopic (exact) mass is 474 g/mol. The van der Waals surface area contributed by atoms with Crippen LogP contribution in [0.2, 0.25) is 0 Å². The quantitative estimate of drug-likeness (QED) is 0.184. The van der Waals surface area contributed by atoms with E-state index in [2.05, 4.69) is 9.47 Å². The average molecular weight is 474 g/mol. The Kier molecular flexibility index (Phi) is 8.29. The summed E-state index contributed by atoms with van der Waals surface area (Å²) in [6.07, 6.45) is 3.08. The van der Waals surface area contributed by atoms with E-state index in [1.165, 1.54) is 48.6 Å². The van der Waals surface area contributed by atoms with Crippen molar-refractivity contribution in [3.63, 3.8) is 0 Å². The zero-order chi connectivity index (χ0) is 24.6. The lowest BCUT2D eigenvalue weighted by atomic mass is 9.83. The van der Waals surface area contributed by atoms with Gasteiger partial charge in [0.1, 0.15) is 11.5 Å². The van der Waals surface area contributed by atoms with Gasteiger partial charge in [-0.05, 0) is 42.3 Å². The van der Waals surface area contributed by atoms with Crippen molar-refractivity contribution in [3.05, 3.63) is 102 Å². The normalized spacial score (nSPS) is 13.1. The second-order valence-electron chi connectivity index (χ2n) is 7.15. The molecule has 4 nitrogen and oxygen atoms in total. The third-order valence-corrected chi connectivity index (χ3v) is 5.08. The highest BCUT2D eigenvalue weighted by atomic mass is 19.3. The molecule has 0 saturated heterocycles. The molecule has 0 heterocycles. The van der Waals surface area contributed by atoms with Crippen LogP contribution in [-0.2, 0) is 15.1 Å². The van der Waals surface area contributed by atoms with Crippen LogP contribution in [0, 0.1) is 0 Å². The molecule has 0 fully saturated rings. The van der Waals surface area contributed by atoms with Crippen LogP contribution in [0.15, 0.2) is 84.9 Å². The van der Waals surface area contributed by atoms with E-state index in [4.69, 9.17) is 4.74 Å². The maximum absolute atomic E-state index is 12.8. The van der Waals surface area contributed by atoms with E-state index in [0.717, 1.165) is 0 Å². The molecular weight excluding hydrogens is 452 g/mol. The van der Waals surface area contributed by atoms with Crippen molar-refractivity contribution in [1.29, 1.82) is 0 Å². The van der Waals surface area contributed by atoms with Crippen molar-refractivity contribution in [2.45, 2.75) is 32.2 Å². The van der Waals surface area contributed by atoms with Gasteiger partial charge in [0.2, 0.25) is 0 Å². The molecule has 8 heteroatoms. The Labute approximate surface area is 194 Å². The molecule has 0 aliphatic heterocycles. The molecule has 0 N–H and O–H groups in total. The van der Waals surface area contributed by atoms with Crippen LogP contribution in [0.5, 0.6) is 11.5 Å². The van der Waals surface area contributed by atoms with Gasteiger partial charge in [0.05, 0.1) is 0 Å². The molecule has 0 aliphatic carbocycles. The van der Waals surface area contributed by atoms with Gasteiger partial charge in [-0.1, -0.05) is 61.5 Å². The van der Waals surface area contributed by atoms with Crippen LogP contribution in [-0.4, -0.2) is 19.2 Å². The smallest absolute Gasteiger partial charge is 0.387 e. The first kappa shape index (κ1) is 24.8. The number of carbonyl (C=O) groups is 1. The zero-order valence-electron chi connectivity index (χ0n) is 18.2. The maximum atomic E-state index is 12.8. The Morgan fingerprint density at radius 3 is 1.79 bits per heavy atom. The van der Waals surface area contributed by atoms with Gasteiger partial charge in [-0.3, -0.25) is 0 Å². The molecule has 0 aliphatic rings. The standard InChI is InChI=1S/C26H22F4O4/c1-2-26(19-6-4-3-5-7-19,20-11-15-22(16-12-20)33-25(29)30)34-23(31)17-10-18-8-13-21(14-9-18)32-24(27)28/h3-17,24-25H,2H2,1H3/b17-10+. The molecule has 34 heavy (non-hydrogen) atoms. The predicted octanol–water partition coefficient (Wildman–Crippen LogP) is 6.80. The molecule has 3 rings (SSSR count). The van der Waals surface area contributed by atoms with Gasteiger partial charge in [-0.15, -0.1) is 0 Å². The molecule has 3 aromatic rings. The van der Waals surface area contributed by atoms with Crippen LogP contribution in [0.1, 0.15) is 30.0 Å². The van der Waals surface area contributed by atoms with Crippen molar-refractivity contribution >= 4 is 12.0 Å². The van der Waals surface area contributed by atoms with Gasteiger partial charge in [-0.25, -0.2) is 4.79 Å². The summed E-state index contributed by atoms with van der Waals surface area (Å²) in [5.41, 5.74) is 0.684. The van der Waals surface area contributed by atoms with Gasteiger partial charge in [0.15, 0.2) is 5.60 Å². The average Bonchev–Trinajstić information content (AvgIpc) is 2.82. The van der Waals surface area contributed by atoms with Crippen molar-refractivity contribution in [2.24, 2.45) is 0 Å². The molecule has 1 atom stereocenters. The SMILES string of the molecule is CCC(OC(=O)/C=C/c1ccc(OC(F)F)cc1)(c1ccccc1)c1ccc(OC(F)F)cc1. The number of esters is 1. The number of hydrogen-bond acceptors (Lipinski definition) is 4. The first-order chi connectivity index (χ1) is 16.3. The molecule has 0 saturated carbocycles. The Bertz CT molecular complexity index is 1080. The Balaban J connectivity index is 1.85. The molecule has 1 unspecified atom stereocenters. The summed E-state index contributed by atoms with van der Waals surface area (Å²) in [5.74, 6) is -0.656. The fourth-order valence-corrected chi connectivity index (χ4v) is 3.51. The van der Waals surface area contributed by atoms with Crippen LogP contribution < -0.4 is 9.47 Å². The number of benzene rings is 3. The Hall–Kier alpha value is -3.81. The van der Waals surface area contributed by atoms with Gasteiger partial charge >= 0.3 is 19.2 Å². The summed E-state index contributed by atoms with van der Waals surface area (Å²) in [6.45, 7) is -4.03. The summed E-state index contributed by atoms with van der Waals surface area (Å²) in [6, 6.07) is 20.8. The van der Waals surface area contributed by atoms with Crippen LogP contribution in [0.25, 0.3) is 6.08 Å². The molecule has 0 radical (unpaired) electrons. The second kappa shape index (κ2) is 11.4.